The fourth-order valence-electron chi connectivity index (χ4n) is 3.43. The summed E-state index contributed by atoms with van der Waals surface area (Å²) in [6, 6.07) is 0.672. The number of amides is 1. The van der Waals surface area contributed by atoms with Crippen molar-refractivity contribution in [3.8, 4) is 0 Å². The summed E-state index contributed by atoms with van der Waals surface area (Å²) in [6.45, 7) is 6.55. The average Bonchev–Trinajstić information content (AvgIpc) is 2.48. The number of rotatable bonds is 4. The molecule has 116 valence electrons. The molecule has 0 saturated carbocycles. The van der Waals surface area contributed by atoms with Crippen LogP contribution < -0.4 is 0 Å². The van der Waals surface area contributed by atoms with Crippen LogP contribution in [0.5, 0.6) is 0 Å². The minimum atomic E-state index is -0.134. The van der Waals surface area contributed by atoms with Gasteiger partial charge in [0.15, 0.2) is 0 Å². The second kappa shape index (κ2) is 8.13. The number of hydrogen-bond donors (Lipinski definition) is 0. The van der Waals surface area contributed by atoms with Crippen molar-refractivity contribution >= 4 is 17.9 Å². The maximum absolute atomic E-state index is 11.7. The van der Waals surface area contributed by atoms with E-state index in [2.05, 4.69) is 11.2 Å². The Kier molecular flexibility index (Phi) is 6.49. The summed E-state index contributed by atoms with van der Waals surface area (Å²) in [7, 11) is 0. The Bertz CT molecular complexity index is 304. The van der Waals surface area contributed by atoms with Crippen LogP contribution in [0.4, 0.5) is 4.79 Å². The van der Waals surface area contributed by atoms with E-state index in [0.29, 0.717) is 12.6 Å². The van der Waals surface area contributed by atoms with Gasteiger partial charge in [-0.15, -0.1) is 0 Å². The van der Waals surface area contributed by atoms with Crippen molar-refractivity contribution in [3.05, 3.63) is 0 Å². The lowest BCUT2D eigenvalue weighted by atomic mass is 9.95. The van der Waals surface area contributed by atoms with E-state index in [4.69, 9.17) is 4.74 Å². The quantitative estimate of drug-likeness (QED) is 0.799. The van der Waals surface area contributed by atoms with Crippen molar-refractivity contribution in [1.29, 1.82) is 0 Å². The third kappa shape index (κ3) is 4.29. The molecule has 4 nitrogen and oxygen atoms in total. The lowest BCUT2D eigenvalue weighted by Crippen LogP contribution is -2.50. The topological polar surface area (TPSA) is 32.8 Å². The predicted octanol–water partition coefficient (Wildman–Crippen LogP) is 2.68. The summed E-state index contributed by atoms with van der Waals surface area (Å²) in [5, 5.41) is 0. The Morgan fingerprint density at radius 3 is 2.65 bits per heavy atom. The van der Waals surface area contributed by atoms with Crippen molar-refractivity contribution in [2.24, 2.45) is 5.92 Å². The number of carbonyl (C=O) groups is 1. The maximum atomic E-state index is 11.7. The van der Waals surface area contributed by atoms with Crippen molar-refractivity contribution in [2.45, 2.75) is 38.6 Å². The van der Waals surface area contributed by atoms with Gasteiger partial charge in [-0.25, -0.2) is 4.79 Å². The smallest absolute Gasteiger partial charge is 0.409 e. The van der Waals surface area contributed by atoms with Gasteiger partial charge in [0.05, 0.1) is 6.61 Å². The molecule has 0 aromatic heterocycles. The lowest BCUT2D eigenvalue weighted by Gasteiger charge is -2.42. The first kappa shape index (κ1) is 16.0. The minimum Gasteiger partial charge on any atom is -0.450 e. The molecule has 5 heteroatoms. The van der Waals surface area contributed by atoms with Gasteiger partial charge in [0.25, 0.3) is 0 Å². The molecule has 1 atom stereocenters. The van der Waals surface area contributed by atoms with E-state index in [0.717, 1.165) is 31.8 Å². The highest BCUT2D eigenvalue weighted by molar-refractivity contribution is 7.98. The summed E-state index contributed by atoms with van der Waals surface area (Å²) in [4.78, 5) is 16.2. The molecule has 2 rings (SSSR count). The van der Waals surface area contributed by atoms with Gasteiger partial charge in [-0.2, -0.15) is 11.8 Å². The third-order valence-corrected chi connectivity index (χ3v) is 5.26. The number of ether oxygens (including phenoxy) is 1. The molecule has 1 unspecified atom stereocenters. The monoisotopic (exact) mass is 300 g/mol. The highest BCUT2D eigenvalue weighted by atomic mass is 32.2. The van der Waals surface area contributed by atoms with Gasteiger partial charge in [0, 0.05) is 25.7 Å². The normalized spacial score (nSPS) is 25.7. The maximum Gasteiger partial charge on any atom is 0.409 e. The number of likely N-dealkylation sites (tertiary alicyclic amines) is 2. The first-order chi connectivity index (χ1) is 9.74. The predicted molar refractivity (Wildman–Crippen MR) is 84.3 cm³/mol. The second-order valence-electron chi connectivity index (χ2n) is 5.88. The van der Waals surface area contributed by atoms with Crippen LogP contribution >= 0.6 is 11.8 Å². The van der Waals surface area contributed by atoms with Crippen LogP contribution in [0, 0.1) is 5.92 Å². The molecule has 0 aromatic rings. The molecule has 1 amide bonds. The van der Waals surface area contributed by atoms with E-state index < -0.39 is 0 Å². The van der Waals surface area contributed by atoms with Gasteiger partial charge in [-0.05, 0) is 57.1 Å². The van der Waals surface area contributed by atoms with Crippen LogP contribution in [0.2, 0.25) is 0 Å². The van der Waals surface area contributed by atoms with Crippen LogP contribution in [0.15, 0.2) is 0 Å². The van der Waals surface area contributed by atoms with Crippen LogP contribution in [-0.4, -0.2) is 66.7 Å². The Labute approximate surface area is 127 Å². The number of piperidine rings is 2. The number of hydrogen-bond acceptors (Lipinski definition) is 4. The molecule has 0 aromatic carbocycles. The van der Waals surface area contributed by atoms with Gasteiger partial charge in [-0.1, -0.05) is 0 Å². The van der Waals surface area contributed by atoms with Gasteiger partial charge in [0.1, 0.15) is 0 Å². The number of thioether (sulfide) groups is 1. The average molecular weight is 300 g/mol. The lowest BCUT2D eigenvalue weighted by molar-refractivity contribution is 0.0604. The summed E-state index contributed by atoms with van der Waals surface area (Å²) in [5.74, 6) is 2.15. The first-order valence-corrected chi connectivity index (χ1v) is 9.28. The zero-order chi connectivity index (χ0) is 14.4. The fraction of sp³-hybridized carbons (Fsp3) is 0.933. The SMILES string of the molecule is CCOC(=O)N1CCC(N2CCCC(CSC)C2)CC1. The zero-order valence-corrected chi connectivity index (χ0v) is 13.7. The molecule has 2 saturated heterocycles. The molecule has 2 fully saturated rings. The molecular weight excluding hydrogens is 272 g/mol. The molecule has 0 N–H and O–H groups in total. The minimum absolute atomic E-state index is 0.134. The van der Waals surface area contributed by atoms with Crippen molar-refractivity contribution in [1.82, 2.24) is 9.80 Å². The van der Waals surface area contributed by atoms with Gasteiger partial charge >= 0.3 is 6.09 Å². The Morgan fingerprint density at radius 1 is 1.25 bits per heavy atom. The summed E-state index contributed by atoms with van der Waals surface area (Å²) >= 11 is 1.97. The molecule has 0 aliphatic carbocycles. The van der Waals surface area contributed by atoms with Crippen LogP contribution in [-0.2, 0) is 4.74 Å². The molecule has 2 heterocycles. The summed E-state index contributed by atoms with van der Waals surface area (Å²) in [6.07, 6.45) is 7.00. The Hall–Kier alpha value is -0.420. The molecule has 0 bridgehead atoms. The van der Waals surface area contributed by atoms with E-state index >= 15 is 0 Å². The molecule has 0 radical (unpaired) electrons. The zero-order valence-electron chi connectivity index (χ0n) is 12.8. The highest BCUT2D eigenvalue weighted by Crippen LogP contribution is 2.25. The standard InChI is InChI=1S/C15H28N2O2S/c1-3-19-15(18)16-9-6-14(7-10-16)17-8-4-5-13(11-17)12-20-2/h13-14H,3-12H2,1-2H3. The van der Waals surface area contributed by atoms with Gasteiger partial charge in [0.2, 0.25) is 0 Å². The van der Waals surface area contributed by atoms with E-state index in [1.165, 1.54) is 31.7 Å². The molecular formula is C15H28N2O2S. The molecule has 2 aliphatic heterocycles. The van der Waals surface area contributed by atoms with Crippen molar-refractivity contribution in [2.75, 3.05) is 44.8 Å². The van der Waals surface area contributed by atoms with Gasteiger partial charge in [-0.3, -0.25) is 4.90 Å². The second-order valence-corrected chi connectivity index (χ2v) is 6.79. The number of nitrogens with zero attached hydrogens (tertiary/aromatic N) is 2. The number of carbonyl (C=O) groups excluding carboxylic acids is 1. The van der Waals surface area contributed by atoms with E-state index in [1.54, 1.807) is 0 Å². The molecule has 2 aliphatic rings. The Morgan fingerprint density at radius 2 is 2.00 bits per heavy atom. The van der Waals surface area contributed by atoms with E-state index in [-0.39, 0.29) is 6.09 Å². The summed E-state index contributed by atoms with van der Waals surface area (Å²) in [5.41, 5.74) is 0. The fourth-order valence-corrected chi connectivity index (χ4v) is 4.17. The largest absolute Gasteiger partial charge is 0.450 e. The molecule has 0 spiro atoms. The van der Waals surface area contributed by atoms with Crippen LogP contribution in [0.25, 0.3) is 0 Å². The first-order valence-electron chi connectivity index (χ1n) is 7.89. The van der Waals surface area contributed by atoms with Crippen LogP contribution in [0.1, 0.15) is 32.6 Å². The molecule has 20 heavy (non-hydrogen) atoms. The Balaban J connectivity index is 1.77. The summed E-state index contributed by atoms with van der Waals surface area (Å²) < 4.78 is 5.08. The van der Waals surface area contributed by atoms with E-state index in [9.17, 15) is 4.79 Å². The highest BCUT2D eigenvalue weighted by Gasteiger charge is 2.30. The van der Waals surface area contributed by atoms with Crippen LogP contribution in [0.3, 0.4) is 0 Å². The van der Waals surface area contributed by atoms with Crippen molar-refractivity contribution in [3.63, 3.8) is 0 Å². The van der Waals surface area contributed by atoms with E-state index in [1.807, 2.05) is 23.6 Å². The third-order valence-electron chi connectivity index (χ3n) is 4.46. The van der Waals surface area contributed by atoms with Gasteiger partial charge < -0.3 is 9.64 Å². The van der Waals surface area contributed by atoms with Crippen molar-refractivity contribution < 1.29 is 9.53 Å².